The second-order valence-corrected chi connectivity index (χ2v) is 7.06. The van der Waals surface area contributed by atoms with Gasteiger partial charge in [-0.3, -0.25) is 4.79 Å². The van der Waals surface area contributed by atoms with Crippen LogP contribution >= 0.6 is 0 Å². The topological polar surface area (TPSA) is 46.8 Å². The van der Waals surface area contributed by atoms with Gasteiger partial charge in [0.15, 0.2) is 0 Å². The summed E-state index contributed by atoms with van der Waals surface area (Å²) in [5, 5.41) is 0. The molecule has 5 heteroatoms. The average molecular weight is 363 g/mol. The second-order valence-electron chi connectivity index (χ2n) is 7.06. The molecule has 1 saturated heterocycles. The number of imidazole rings is 1. The summed E-state index contributed by atoms with van der Waals surface area (Å²) in [7, 11) is 0. The molecule has 3 heterocycles. The molecule has 1 aliphatic rings. The lowest BCUT2D eigenvalue weighted by molar-refractivity contribution is 0.00209. The standard InChI is InChI=1S/C22H25N3O2/c1-2-13-27-19-9-6-12-24(15-19)22(26)18-10-11-21-23-20(16-25(21)14-18)17-7-4-3-5-8-17/h3-5,7-8,10-11,14,16,19H,2,6,9,12-13,15H2,1H3/t19-/m1/s1. The highest BCUT2D eigenvalue weighted by Gasteiger charge is 2.25. The fraction of sp³-hybridized carbons (Fsp3) is 0.364. The SMILES string of the molecule is CCCO[C@@H]1CCCN(C(=O)c2ccc3nc(-c4ccccc4)cn3c2)C1. The molecule has 27 heavy (non-hydrogen) atoms. The van der Waals surface area contributed by atoms with Gasteiger partial charge in [-0.1, -0.05) is 37.3 Å². The van der Waals surface area contributed by atoms with Crippen LogP contribution in [0.15, 0.2) is 54.9 Å². The van der Waals surface area contributed by atoms with Crippen LogP contribution in [0, 0.1) is 0 Å². The molecule has 1 aliphatic heterocycles. The largest absolute Gasteiger partial charge is 0.376 e. The maximum Gasteiger partial charge on any atom is 0.255 e. The van der Waals surface area contributed by atoms with Crippen LogP contribution in [0.4, 0.5) is 0 Å². The highest BCUT2D eigenvalue weighted by molar-refractivity contribution is 5.94. The van der Waals surface area contributed by atoms with Crippen molar-refractivity contribution < 1.29 is 9.53 Å². The Hall–Kier alpha value is -2.66. The number of carbonyl (C=O) groups excluding carboxylic acids is 1. The van der Waals surface area contributed by atoms with E-state index < -0.39 is 0 Å². The molecule has 0 radical (unpaired) electrons. The molecule has 1 aromatic carbocycles. The first-order chi connectivity index (χ1) is 13.2. The quantitative estimate of drug-likeness (QED) is 0.687. The summed E-state index contributed by atoms with van der Waals surface area (Å²) in [5.74, 6) is 0.0664. The Bertz CT molecular complexity index is 920. The molecule has 0 aliphatic carbocycles. The third-order valence-electron chi connectivity index (χ3n) is 4.99. The van der Waals surface area contributed by atoms with Crippen molar-refractivity contribution in [2.24, 2.45) is 0 Å². The summed E-state index contributed by atoms with van der Waals surface area (Å²) in [6, 6.07) is 13.9. The van der Waals surface area contributed by atoms with Gasteiger partial charge >= 0.3 is 0 Å². The minimum Gasteiger partial charge on any atom is -0.376 e. The van der Waals surface area contributed by atoms with Crippen LogP contribution in [0.5, 0.6) is 0 Å². The number of pyridine rings is 1. The minimum atomic E-state index is 0.0664. The van der Waals surface area contributed by atoms with Gasteiger partial charge in [0.1, 0.15) is 5.65 Å². The molecule has 5 nitrogen and oxygen atoms in total. The van der Waals surface area contributed by atoms with Crippen molar-refractivity contribution in [2.75, 3.05) is 19.7 Å². The van der Waals surface area contributed by atoms with Crippen LogP contribution in [0.1, 0.15) is 36.5 Å². The van der Waals surface area contributed by atoms with Crippen LogP contribution in [-0.2, 0) is 4.74 Å². The van der Waals surface area contributed by atoms with Crippen molar-refractivity contribution in [1.82, 2.24) is 14.3 Å². The van der Waals surface area contributed by atoms with Gasteiger partial charge in [0.2, 0.25) is 0 Å². The maximum atomic E-state index is 13.0. The van der Waals surface area contributed by atoms with Crippen LogP contribution in [0.2, 0.25) is 0 Å². The third-order valence-corrected chi connectivity index (χ3v) is 4.99. The predicted molar refractivity (Wildman–Crippen MR) is 106 cm³/mol. The predicted octanol–water partition coefficient (Wildman–Crippen LogP) is 4.03. The van der Waals surface area contributed by atoms with E-state index in [1.807, 2.05) is 64.2 Å². The van der Waals surface area contributed by atoms with E-state index in [2.05, 4.69) is 11.9 Å². The number of likely N-dealkylation sites (tertiary alicyclic amines) is 1. The Labute approximate surface area is 159 Å². The molecule has 140 valence electrons. The lowest BCUT2D eigenvalue weighted by Crippen LogP contribution is -2.43. The number of nitrogens with zero attached hydrogens (tertiary/aromatic N) is 3. The summed E-state index contributed by atoms with van der Waals surface area (Å²) < 4.78 is 7.80. The van der Waals surface area contributed by atoms with Crippen LogP contribution < -0.4 is 0 Å². The van der Waals surface area contributed by atoms with Gasteiger partial charge in [-0.15, -0.1) is 0 Å². The molecular weight excluding hydrogens is 338 g/mol. The zero-order chi connectivity index (χ0) is 18.6. The van der Waals surface area contributed by atoms with E-state index in [9.17, 15) is 4.79 Å². The Morgan fingerprint density at radius 2 is 2.04 bits per heavy atom. The van der Waals surface area contributed by atoms with Gasteiger partial charge < -0.3 is 14.0 Å². The summed E-state index contributed by atoms with van der Waals surface area (Å²) >= 11 is 0. The van der Waals surface area contributed by atoms with E-state index in [1.165, 1.54) is 0 Å². The zero-order valence-electron chi connectivity index (χ0n) is 15.7. The first kappa shape index (κ1) is 17.7. The second kappa shape index (κ2) is 7.92. The lowest BCUT2D eigenvalue weighted by atomic mass is 10.1. The molecular formula is C22H25N3O2. The van der Waals surface area contributed by atoms with Gasteiger partial charge in [-0.05, 0) is 31.4 Å². The number of benzene rings is 1. The highest BCUT2D eigenvalue weighted by atomic mass is 16.5. The minimum absolute atomic E-state index is 0.0664. The first-order valence-electron chi connectivity index (χ1n) is 9.69. The first-order valence-corrected chi connectivity index (χ1v) is 9.69. The number of piperidine rings is 1. The number of amides is 1. The number of aromatic nitrogens is 2. The Kier molecular flexibility index (Phi) is 5.21. The maximum absolute atomic E-state index is 13.0. The molecule has 3 aromatic rings. The number of carbonyl (C=O) groups is 1. The van der Waals surface area contributed by atoms with Crippen LogP contribution in [0.3, 0.4) is 0 Å². The van der Waals surface area contributed by atoms with Gasteiger partial charge in [0.05, 0.1) is 17.4 Å². The van der Waals surface area contributed by atoms with E-state index in [1.54, 1.807) is 0 Å². The number of fused-ring (bicyclic) bond motifs is 1. The normalized spacial score (nSPS) is 17.4. The number of hydrogen-bond acceptors (Lipinski definition) is 3. The van der Waals surface area contributed by atoms with Crippen LogP contribution in [-0.4, -0.2) is 46.0 Å². The molecule has 1 atom stereocenters. The highest BCUT2D eigenvalue weighted by Crippen LogP contribution is 2.21. The van der Waals surface area contributed by atoms with E-state index in [4.69, 9.17) is 4.74 Å². The number of rotatable bonds is 5. The molecule has 1 amide bonds. The van der Waals surface area contributed by atoms with Gasteiger partial charge in [-0.25, -0.2) is 4.98 Å². The Morgan fingerprint density at radius 1 is 1.19 bits per heavy atom. The third kappa shape index (κ3) is 3.88. The van der Waals surface area contributed by atoms with E-state index in [-0.39, 0.29) is 12.0 Å². The molecule has 2 aromatic heterocycles. The van der Waals surface area contributed by atoms with Crippen molar-refractivity contribution in [2.45, 2.75) is 32.3 Å². The van der Waals surface area contributed by atoms with Crippen molar-refractivity contribution in [1.29, 1.82) is 0 Å². The van der Waals surface area contributed by atoms with Gasteiger partial charge in [0.25, 0.3) is 5.91 Å². The van der Waals surface area contributed by atoms with E-state index in [0.29, 0.717) is 12.1 Å². The van der Waals surface area contributed by atoms with Crippen molar-refractivity contribution >= 4 is 11.6 Å². The molecule has 4 rings (SSSR count). The van der Waals surface area contributed by atoms with Crippen molar-refractivity contribution in [3.63, 3.8) is 0 Å². The van der Waals surface area contributed by atoms with E-state index >= 15 is 0 Å². The fourth-order valence-corrected chi connectivity index (χ4v) is 3.59. The molecule has 0 spiro atoms. The van der Waals surface area contributed by atoms with Crippen molar-refractivity contribution in [3.05, 3.63) is 60.4 Å². The summed E-state index contributed by atoms with van der Waals surface area (Å²) in [6.45, 7) is 4.34. The van der Waals surface area contributed by atoms with Gasteiger partial charge in [-0.2, -0.15) is 0 Å². The van der Waals surface area contributed by atoms with Gasteiger partial charge in [0, 0.05) is 37.7 Å². The fourth-order valence-electron chi connectivity index (χ4n) is 3.59. The molecule has 0 bridgehead atoms. The molecule has 0 unspecified atom stereocenters. The number of hydrogen-bond donors (Lipinski definition) is 0. The van der Waals surface area contributed by atoms with Crippen molar-refractivity contribution in [3.8, 4) is 11.3 Å². The molecule has 0 N–H and O–H groups in total. The zero-order valence-corrected chi connectivity index (χ0v) is 15.7. The molecule has 1 fully saturated rings. The Balaban J connectivity index is 1.54. The summed E-state index contributed by atoms with van der Waals surface area (Å²) in [4.78, 5) is 19.6. The number of ether oxygens (including phenoxy) is 1. The average Bonchev–Trinajstić information content (AvgIpc) is 3.16. The summed E-state index contributed by atoms with van der Waals surface area (Å²) in [5.41, 5.74) is 3.51. The van der Waals surface area contributed by atoms with E-state index in [0.717, 1.165) is 49.3 Å². The summed E-state index contributed by atoms with van der Waals surface area (Å²) in [6.07, 6.45) is 7.05. The smallest absolute Gasteiger partial charge is 0.255 e. The molecule has 0 saturated carbocycles. The Morgan fingerprint density at radius 3 is 2.85 bits per heavy atom. The lowest BCUT2D eigenvalue weighted by Gasteiger charge is -2.32. The van der Waals surface area contributed by atoms with Crippen LogP contribution in [0.25, 0.3) is 16.9 Å². The monoisotopic (exact) mass is 363 g/mol.